The lowest BCUT2D eigenvalue weighted by Crippen LogP contribution is -2.18. The van der Waals surface area contributed by atoms with E-state index in [9.17, 15) is 4.79 Å². The van der Waals surface area contributed by atoms with Crippen molar-refractivity contribution in [3.63, 3.8) is 0 Å². The number of nitrogens with one attached hydrogen (secondary N) is 1. The van der Waals surface area contributed by atoms with Crippen LogP contribution in [0.25, 0.3) is 32.8 Å². The first-order valence-electron chi connectivity index (χ1n) is 7.38. The zero-order valence-corrected chi connectivity index (χ0v) is 12.9. The third kappa shape index (κ3) is 2.26. The fourth-order valence-corrected chi connectivity index (χ4v) is 2.74. The SMILES string of the molecule is CN(C)COc1ccc2c(c1)oc1c3ccccc3c(=O)[nH]c21. The van der Waals surface area contributed by atoms with Crippen molar-refractivity contribution in [1.82, 2.24) is 9.88 Å². The summed E-state index contributed by atoms with van der Waals surface area (Å²) < 4.78 is 11.7. The third-order valence-corrected chi connectivity index (χ3v) is 3.81. The Hall–Kier alpha value is -2.79. The number of fused-ring (bicyclic) bond motifs is 5. The molecule has 4 aromatic rings. The Kier molecular flexibility index (Phi) is 3.09. The molecule has 0 aliphatic carbocycles. The van der Waals surface area contributed by atoms with Gasteiger partial charge in [0.1, 0.15) is 18.1 Å². The van der Waals surface area contributed by atoms with Crippen molar-refractivity contribution in [2.75, 3.05) is 20.8 Å². The van der Waals surface area contributed by atoms with Crippen LogP contribution in [0.2, 0.25) is 0 Å². The highest BCUT2D eigenvalue weighted by atomic mass is 16.5. The predicted octanol–water partition coefficient (Wildman–Crippen LogP) is 3.33. The summed E-state index contributed by atoms with van der Waals surface area (Å²) in [5, 5.41) is 2.32. The summed E-state index contributed by atoms with van der Waals surface area (Å²) in [6, 6.07) is 13.1. The van der Waals surface area contributed by atoms with Crippen molar-refractivity contribution < 1.29 is 9.15 Å². The van der Waals surface area contributed by atoms with Crippen LogP contribution in [0.15, 0.2) is 51.7 Å². The average molecular weight is 308 g/mol. The molecular weight excluding hydrogens is 292 g/mol. The van der Waals surface area contributed by atoms with Crippen LogP contribution in [-0.2, 0) is 0 Å². The fraction of sp³-hybridized carbons (Fsp3) is 0.167. The van der Waals surface area contributed by atoms with Crippen LogP contribution in [0.5, 0.6) is 5.75 Å². The molecule has 2 aromatic heterocycles. The van der Waals surface area contributed by atoms with E-state index in [0.29, 0.717) is 23.3 Å². The minimum absolute atomic E-state index is 0.108. The number of benzene rings is 2. The minimum Gasteiger partial charge on any atom is -0.478 e. The van der Waals surface area contributed by atoms with Gasteiger partial charge in [0.15, 0.2) is 5.58 Å². The van der Waals surface area contributed by atoms with Crippen LogP contribution in [0.4, 0.5) is 0 Å². The largest absolute Gasteiger partial charge is 0.478 e. The molecule has 0 amide bonds. The molecule has 1 N–H and O–H groups in total. The summed E-state index contributed by atoms with van der Waals surface area (Å²) in [7, 11) is 3.88. The molecule has 116 valence electrons. The molecule has 0 bridgehead atoms. The molecule has 5 nitrogen and oxygen atoms in total. The van der Waals surface area contributed by atoms with Crippen molar-refractivity contribution in [1.29, 1.82) is 0 Å². The van der Waals surface area contributed by atoms with Crippen LogP contribution in [0.3, 0.4) is 0 Å². The number of hydrogen-bond acceptors (Lipinski definition) is 4. The van der Waals surface area contributed by atoms with Crippen molar-refractivity contribution >= 4 is 32.8 Å². The standard InChI is InChI=1S/C18H16N2O3/c1-20(2)10-22-11-7-8-14-15(9-11)23-17-12-5-3-4-6-13(12)18(21)19-16(14)17/h3-9H,10H2,1-2H3,(H,19,21). The summed E-state index contributed by atoms with van der Waals surface area (Å²) in [6.07, 6.45) is 0. The molecule has 0 fully saturated rings. The number of aromatic amines is 1. The zero-order valence-electron chi connectivity index (χ0n) is 12.9. The summed E-state index contributed by atoms with van der Waals surface area (Å²) in [5.41, 5.74) is 2.01. The lowest BCUT2D eigenvalue weighted by atomic mass is 10.1. The van der Waals surface area contributed by atoms with Gasteiger partial charge in [0.05, 0.1) is 10.9 Å². The first-order valence-corrected chi connectivity index (χ1v) is 7.38. The minimum atomic E-state index is -0.108. The third-order valence-electron chi connectivity index (χ3n) is 3.81. The Morgan fingerprint density at radius 3 is 2.65 bits per heavy atom. The number of ether oxygens (including phenoxy) is 1. The molecule has 0 saturated carbocycles. The number of rotatable bonds is 3. The van der Waals surface area contributed by atoms with E-state index in [4.69, 9.17) is 9.15 Å². The fourth-order valence-electron chi connectivity index (χ4n) is 2.74. The number of furan rings is 1. The van der Waals surface area contributed by atoms with Crippen molar-refractivity contribution in [3.8, 4) is 5.75 Å². The number of H-pyrrole nitrogens is 1. The van der Waals surface area contributed by atoms with Gasteiger partial charge < -0.3 is 14.1 Å². The van der Waals surface area contributed by atoms with E-state index in [-0.39, 0.29) is 5.56 Å². The van der Waals surface area contributed by atoms with Gasteiger partial charge in [-0.2, -0.15) is 0 Å². The van der Waals surface area contributed by atoms with Crippen LogP contribution >= 0.6 is 0 Å². The quantitative estimate of drug-likeness (QED) is 0.590. The van der Waals surface area contributed by atoms with Gasteiger partial charge in [-0.1, -0.05) is 18.2 Å². The highest BCUT2D eigenvalue weighted by Gasteiger charge is 2.13. The summed E-state index contributed by atoms with van der Waals surface area (Å²) in [6.45, 7) is 0.492. The van der Waals surface area contributed by atoms with Gasteiger partial charge in [0.2, 0.25) is 0 Å². The van der Waals surface area contributed by atoms with E-state index in [0.717, 1.165) is 22.0 Å². The molecule has 4 rings (SSSR count). The van der Waals surface area contributed by atoms with E-state index in [2.05, 4.69) is 4.98 Å². The highest BCUT2D eigenvalue weighted by Crippen LogP contribution is 2.32. The van der Waals surface area contributed by atoms with Gasteiger partial charge in [-0.25, -0.2) is 0 Å². The maximum atomic E-state index is 12.3. The molecular formula is C18H16N2O3. The summed E-state index contributed by atoms with van der Waals surface area (Å²) in [4.78, 5) is 17.1. The van der Waals surface area contributed by atoms with Crippen LogP contribution < -0.4 is 10.3 Å². The van der Waals surface area contributed by atoms with Gasteiger partial charge in [-0.05, 0) is 32.3 Å². The van der Waals surface area contributed by atoms with E-state index in [1.165, 1.54) is 0 Å². The molecule has 0 spiro atoms. The second-order valence-electron chi connectivity index (χ2n) is 5.82. The molecule has 0 radical (unpaired) electrons. The lowest BCUT2D eigenvalue weighted by Gasteiger charge is -2.11. The second-order valence-corrected chi connectivity index (χ2v) is 5.82. The van der Waals surface area contributed by atoms with Gasteiger partial charge >= 0.3 is 0 Å². The van der Waals surface area contributed by atoms with Crippen molar-refractivity contribution in [3.05, 3.63) is 52.8 Å². The van der Waals surface area contributed by atoms with Crippen molar-refractivity contribution in [2.24, 2.45) is 0 Å². The predicted molar refractivity (Wildman–Crippen MR) is 91.0 cm³/mol. The Bertz CT molecular complexity index is 1080. The lowest BCUT2D eigenvalue weighted by molar-refractivity contribution is 0.179. The van der Waals surface area contributed by atoms with E-state index >= 15 is 0 Å². The Balaban J connectivity index is 1.96. The number of nitrogens with zero attached hydrogens (tertiary/aromatic N) is 1. The Labute approximate surface area is 132 Å². The molecule has 2 heterocycles. The highest BCUT2D eigenvalue weighted by molar-refractivity contribution is 6.12. The molecule has 5 heteroatoms. The summed E-state index contributed by atoms with van der Waals surface area (Å²) in [5.74, 6) is 0.733. The van der Waals surface area contributed by atoms with E-state index in [1.54, 1.807) is 6.07 Å². The van der Waals surface area contributed by atoms with Gasteiger partial charge in [0.25, 0.3) is 5.56 Å². The maximum Gasteiger partial charge on any atom is 0.256 e. The zero-order chi connectivity index (χ0) is 16.0. The second kappa shape index (κ2) is 5.14. The topological polar surface area (TPSA) is 58.5 Å². The van der Waals surface area contributed by atoms with E-state index in [1.807, 2.05) is 55.4 Å². The number of aromatic nitrogens is 1. The molecule has 0 saturated heterocycles. The smallest absolute Gasteiger partial charge is 0.256 e. The van der Waals surface area contributed by atoms with Gasteiger partial charge in [-0.15, -0.1) is 0 Å². The van der Waals surface area contributed by atoms with Crippen LogP contribution in [0.1, 0.15) is 0 Å². The van der Waals surface area contributed by atoms with Crippen molar-refractivity contribution in [2.45, 2.75) is 0 Å². The number of pyridine rings is 1. The van der Waals surface area contributed by atoms with E-state index < -0.39 is 0 Å². The molecule has 0 aliphatic rings. The normalized spacial score (nSPS) is 11.8. The monoisotopic (exact) mass is 308 g/mol. The molecule has 0 unspecified atom stereocenters. The van der Waals surface area contributed by atoms with Gasteiger partial charge in [0, 0.05) is 16.8 Å². The molecule has 2 aromatic carbocycles. The molecule has 0 aliphatic heterocycles. The van der Waals surface area contributed by atoms with Crippen LogP contribution in [0, 0.1) is 0 Å². The molecule has 23 heavy (non-hydrogen) atoms. The first kappa shape index (κ1) is 13.8. The Morgan fingerprint density at radius 1 is 1.09 bits per heavy atom. The number of hydrogen-bond donors (Lipinski definition) is 1. The Morgan fingerprint density at radius 2 is 1.87 bits per heavy atom. The average Bonchev–Trinajstić information content (AvgIpc) is 2.91. The van der Waals surface area contributed by atoms with Gasteiger partial charge in [-0.3, -0.25) is 9.69 Å². The summed E-state index contributed by atoms with van der Waals surface area (Å²) >= 11 is 0. The van der Waals surface area contributed by atoms with Crippen LogP contribution in [-0.4, -0.2) is 30.7 Å². The first-order chi connectivity index (χ1) is 11.1. The molecule has 0 atom stereocenters. The maximum absolute atomic E-state index is 12.3.